The highest BCUT2D eigenvalue weighted by molar-refractivity contribution is 6.50. The van der Waals surface area contributed by atoms with Crippen LogP contribution >= 0.6 is 0 Å². The molecule has 1 aromatic heterocycles. The van der Waals surface area contributed by atoms with Crippen LogP contribution in [-0.4, -0.2) is 13.0 Å². The van der Waals surface area contributed by atoms with E-state index in [1.165, 1.54) is 0 Å². The van der Waals surface area contributed by atoms with Crippen LogP contribution in [0.25, 0.3) is 0 Å². The largest absolute Gasteiger partial charge is 0.673 e. The number of nitrogens with zero attached hydrogens (tertiary/aromatic N) is 1. The lowest BCUT2D eigenvalue weighted by Gasteiger charge is -1.94. The Hall–Kier alpha value is -1.40. The molecule has 0 bridgehead atoms. The molecule has 0 spiro atoms. The lowest BCUT2D eigenvalue weighted by Crippen LogP contribution is -2.26. The van der Waals surface area contributed by atoms with Gasteiger partial charge >= 0.3 is 7.25 Å². The molecule has 0 saturated carbocycles. The first kappa shape index (κ1) is 13.6. The van der Waals surface area contributed by atoms with Gasteiger partial charge in [-0.1, -0.05) is 0 Å². The van der Waals surface area contributed by atoms with Gasteiger partial charge in [0, 0.05) is 17.7 Å². The van der Waals surface area contributed by atoms with Gasteiger partial charge < -0.3 is 17.3 Å². The van der Waals surface area contributed by atoms with Gasteiger partial charge in [-0.05, 0) is 6.92 Å². The summed E-state index contributed by atoms with van der Waals surface area (Å²) in [5.41, 5.74) is 0.762. The van der Waals surface area contributed by atoms with Gasteiger partial charge in [0.2, 0.25) is 0 Å². The van der Waals surface area contributed by atoms with E-state index >= 15 is 0 Å². The monoisotopic (exact) mass is 223 g/mol. The molecule has 1 aromatic rings. The molecule has 0 N–H and O–H groups in total. The topological polar surface area (TPSA) is 20.9 Å². The summed E-state index contributed by atoms with van der Waals surface area (Å²) in [6, 6.07) is 3.62. The van der Waals surface area contributed by atoms with Gasteiger partial charge in [-0.2, -0.15) is 0 Å². The number of Topliss-reactive ketones (excluding diaryl/α,β-unsaturated/α-hetero) is 1. The highest BCUT2D eigenvalue weighted by atomic mass is 19.5. The van der Waals surface area contributed by atoms with E-state index in [0.29, 0.717) is 0 Å². The van der Waals surface area contributed by atoms with Crippen molar-refractivity contribution < 1.29 is 26.6 Å². The molecule has 0 unspecified atom stereocenters. The summed E-state index contributed by atoms with van der Waals surface area (Å²) in [5.74, 6) is 0.112. The van der Waals surface area contributed by atoms with Crippen LogP contribution in [0, 0.1) is 0 Å². The smallest absolute Gasteiger partial charge is 0.418 e. The van der Waals surface area contributed by atoms with Gasteiger partial charge in [0.15, 0.2) is 18.2 Å². The first-order valence-corrected chi connectivity index (χ1v) is 4.03. The minimum absolute atomic E-state index is 0.112. The zero-order valence-electron chi connectivity index (χ0n) is 8.25. The number of aromatic nitrogens is 1. The van der Waals surface area contributed by atoms with Gasteiger partial charge in [-0.3, -0.25) is 4.79 Å². The molecule has 0 radical (unpaired) electrons. The number of carbonyl (C=O) groups excluding carboxylic acids is 1. The van der Waals surface area contributed by atoms with Crippen LogP contribution in [0.5, 0.6) is 0 Å². The van der Waals surface area contributed by atoms with E-state index in [-0.39, 0.29) is 5.78 Å². The lowest BCUT2D eigenvalue weighted by molar-refractivity contribution is -0.671. The van der Waals surface area contributed by atoms with Crippen LogP contribution in [0.3, 0.4) is 0 Å². The second kappa shape index (κ2) is 5.48. The maximum Gasteiger partial charge on any atom is 0.673 e. The first-order valence-electron chi connectivity index (χ1n) is 4.03. The number of hydrogen-bond acceptors (Lipinski definition) is 1. The second-order valence-corrected chi connectivity index (χ2v) is 2.80. The average Bonchev–Trinajstić information content (AvgIpc) is 2.01. The van der Waals surface area contributed by atoms with Crippen molar-refractivity contribution in [3.05, 3.63) is 30.1 Å². The molecule has 0 saturated heterocycles. The van der Waals surface area contributed by atoms with Crippen LogP contribution in [0.15, 0.2) is 24.5 Å². The van der Waals surface area contributed by atoms with E-state index < -0.39 is 7.25 Å². The Morgan fingerprint density at radius 1 is 1.20 bits per heavy atom. The van der Waals surface area contributed by atoms with Crippen LogP contribution in [-0.2, 0) is 7.05 Å². The van der Waals surface area contributed by atoms with E-state index in [0.717, 1.165) is 5.56 Å². The van der Waals surface area contributed by atoms with Crippen molar-refractivity contribution >= 4 is 13.0 Å². The Morgan fingerprint density at radius 2 is 1.53 bits per heavy atom. The van der Waals surface area contributed by atoms with Crippen LogP contribution in [0.4, 0.5) is 17.3 Å². The Kier molecular flexibility index (Phi) is 4.97. The van der Waals surface area contributed by atoms with Crippen molar-refractivity contribution in [1.29, 1.82) is 0 Å². The molecular formula is C8H10BF4NO. The third-order valence-electron chi connectivity index (χ3n) is 1.38. The minimum atomic E-state index is -6.00. The maximum absolute atomic E-state index is 10.7. The van der Waals surface area contributed by atoms with Crippen LogP contribution in [0.2, 0.25) is 0 Å². The normalized spacial score (nSPS) is 10.3. The predicted molar refractivity (Wildman–Crippen MR) is 47.8 cm³/mol. The number of pyridine rings is 1. The fourth-order valence-electron chi connectivity index (χ4n) is 0.736. The quantitative estimate of drug-likeness (QED) is 0.308. The molecule has 0 aliphatic carbocycles. The van der Waals surface area contributed by atoms with Crippen molar-refractivity contribution in [2.24, 2.45) is 7.05 Å². The SMILES string of the molecule is CC(=O)c1cc[n+](C)cc1.F[B-](F)(F)F. The van der Waals surface area contributed by atoms with Crippen molar-refractivity contribution in [2.75, 3.05) is 0 Å². The van der Waals surface area contributed by atoms with Gasteiger partial charge in [0.1, 0.15) is 7.05 Å². The number of carbonyl (C=O) groups is 1. The molecule has 1 rings (SSSR count). The number of ketones is 1. The van der Waals surface area contributed by atoms with Crippen molar-refractivity contribution in [3.8, 4) is 0 Å². The molecule has 0 atom stereocenters. The van der Waals surface area contributed by atoms with Gasteiger partial charge in [0.25, 0.3) is 0 Å². The molecule has 0 aromatic carbocycles. The van der Waals surface area contributed by atoms with Gasteiger partial charge in [0.05, 0.1) is 0 Å². The van der Waals surface area contributed by atoms with E-state index in [2.05, 4.69) is 0 Å². The predicted octanol–water partition coefficient (Wildman–Crippen LogP) is 2.01. The van der Waals surface area contributed by atoms with E-state index in [9.17, 15) is 22.1 Å². The number of halogens is 4. The third kappa shape index (κ3) is 8.92. The second-order valence-electron chi connectivity index (χ2n) is 2.80. The molecule has 15 heavy (non-hydrogen) atoms. The van der Waals surface area contributed by atoms with E-state index in [1.807, 2.05) is 36.1 Å². The standard InChI is InChI=1S/C8H10NO.BF4/c1-7(10)8-3-5-9(2)6-4-8;2-1(3,4)5/h3-6H,1-2H3;/q+1;-1. The molecule has 0 amide bonds. The fraction of sp³-hybridized carbons (Fsp3) is 0.250. The third-order valence-corrected chi connectivity index (χ3v) is 1.38. The summed E-state index contributed by atoms with van der Waals surface area (Å²) in [6.45, 7) is 1.56. The van der Waals surface area contributed by atoms with Crippen molar-refractivity contribution in [3.63, 3.8) is 0 Å². The highest BCUT2D eigenvalue weighted by Crippen LogP contribution is 2.06. The van der Waals surface area contributed by atoms with Crippen LogP contribution < -0.4 is 4.57 Å². The summed E-state index contributed by atoms with van der Waals surface area (Å²) >= 11 is 0. The molecule has 0 fully saturated rings. The lowest BCUT2D eigenvalue weighted by atomic mass is 10.2. The molecule has 0 aliphatic rings. The zero-order valence-corrected chi connectivity index (χ0v) is 8.25. The number of hydrogen-bond donors (Lipinski definition) is 0. The summed E-state index contributed by atoms with van der Waals surface area (Å²) in [5, 5.41) is 0. The molecule has 2 nitrogen and oxygen atoms in total. The molecule has 84 valence electrons. The zero-order chi connectivity index (χ0) is 12.1. The maximum atomic E-state index is 10.7. The molecule has 1 heterocycles. The fourth-order valence-corrected chi connectivity index (χ4v) is 0.736. The summed E-state index contributed by atoms with van der Waals surface area (Å²) < 4.78 is 40.9. The minimum Gasteiger partial charge on any atom is -0.418 e. The first-order chi connectivity index (χ1) is 6.70. The summed E-state index contributed by atoms with van der Waals surface area (Å²) in [6.07, 6.45) is 3.72. The Bertz CT molecular complexity index is 316. The average molecular weight is 223 g/mol. The Morgan fingerprint density at radius 3 is 1.80 bits per heavy atom. The van der Waals surface area contributed by atoms with E-state index in [1.54, 1.807) is 6.92 Å². The van der Waals surface area contributed by atoms with Crippen LogP contribution in [0.1, 0.15) is 17.3 Å². The number of rotatable bonds is 1. The van der Waals surface area contributed by atoms with Crippen molar-refractivity contribution in [2.45, 2.75) is 6.92 Å². The van der Waals surface area contributed by atoms with Crippen molar-refractivity contribution in [1.82, 2.24) is 0 Å². The highest BCUT2D eigenvalue weighted by Gasteiger charge is 2.20. The number of aryl methyl sites for hydroxylation is 1. The summed E-state index contributed by atoms with van der Waals surface area (Å²) in [7, 11) is -4.08. The summed E-state index contributed by atoms with van der Waals surface area (Å²) in [4.78, 5) is 10.7. The Labute approximate surface area is 84.6 Å². The van der Waals surface area contributed by atoms with Gasteiger partial charge in [-0.15, -0.1) is 0 Å². The molecular weight excluding hydrogens is 213 g/mol. The molecule has 0 aliphatic heterocycles. The van der Waals surface area contributed by atoms with Gasteiger partial charge in [-0.25, -0.2) is 4.57 Å². The molecule has 7 heteroatoms. The Balaban J connectivity index is 0.000000336. The van der Waals surface area contributed by atoms with E-state index in [4.69, 9.17) is 0 Å².